The Kier molecular flexibility index (Phi) is 5.56. The first-order chi connectivity index (χ1) is 9.66. The van der Waals surface area contributed by atoms with Gasteiger partial charge in [-0.1, -0.05) is 24.3 Å². The van der Waals surface area contributed by atoms with Gasteiger partial charge in [0, 0.05) is 13.1 Å². The standard InChI is InChI=1S/C16H25N3O/c1-13-6-3-4-7-15(13)14(2)18-16(20)12-19-10-5-8-17-9-11-19/h3-4,6-7,14,17H,5,8-12H2,1-2H3,(H,18,20)/t14-/m1/s1. The van der Waals surface area contributed by atoms with Gasteiger partial charge in [0.1, 0.15) is 0 Å². The first-order valence-corrected chi connectivity index (χ1v) is 7.45. The van der Waals surface area contributed by atoms with Gasteiger partial charge >= 0.3 is 0 Å². The highest BCUT2D eigenvalue weighted by Gasteiger charge is 2.15. The van der Waals surface area contributed by atoms with E-state index in [1.807, 2.05) is 19.1 Å². The first-order valence-electron chi connectivity index (χ1n) is 7.45. The van der Waals surface area contributed by atoms with Gasteiger partial charge in [-0.15, -0.1) is 0 Å². The molecule has 1 aromatic carbocycles. The molecule has 1 heterocycles. The van der Waals surface area contributed by atoms with Crippen molar-refractivity contribution in [3.63, 3.8) is 0 Å². The summed E-state index contributed by atoms with van der Waals surface area (Å²) in [4.78, 5) is 14.4. The van der Waals surface area contributed by atoms with Gasteiger partial charge in [0.15, 0.2) is 0 Å². The number of carbonyl (C=O) groups is 1. The molecule has 1 amide bonds. The predicted molar refractivity (Wildman–Crippen MR) is 81.7 cm³/mol. The van der Waals surface area contributed by atoms with Crippen LogP contribution in [0.25, 0.3) is 0 Å². The fourth-order valence-electron chi connectivity index (χ4n) is 2.70. The predicted octanol–water partition coefficient (Wildman–Crippen LogP) is 1.47. The van der Waals surface area contributed by atoms with Crippen molar-refractivity contribution in [3.05, 3.63) is 35.4 Å². The Morgan fingerprint density at radius 2 is 2.15 bits per heavy atom. The number of benzene rings is 1. The van der Waals surface area contributed by atoms with Crippen molar-refractivity contribution in [2.75, 3.05) is 32.7 Å². The lowest BCUT2D eigenvalue weighted by molar-refractivity contribution is -0.122. The van der Waals surface area contributed by atoms with Crippen LogP contribution in [-0.4, -0.2) is 43.5 Å². The molecule has 0 saturated carbocycles. The second kappa shape index (κ2) is 7.41. The van der Waals surface area contributed by atoms with E-state index in [9.17, 15) is 4.79 Å². The molecule has 0 bridgehead atoms. The highest BCUT2D eigenvalue weighted by atomic mass is 16.2. The Balaban J connectivity index is 1.86. The Bertz CT molecular complexity index is 439. The zero-order valence-corrected chi connectivity index (χ0v) is 12.5. The van der Waals surface area contributed by atoms with Crippen LogP contribution in [0.4, 0.5) is 0 Å². The van der Waals surface area contributed by atoms with Gasteiger partial charge in [0.2, 0.25) is 5.91 Å². The average molecular weight is 275 g/mol. The molecule has 2 N–H and O–H groups in total. The molecule has 1 aromatic rings. The summed E-state index contributed by atoms with van der Waals surface area (Å²) in [6.45, 7) is 8.60. The topological polar surface area (TPSA) is 44.4 Å². The third kappa shape index (κ3) is 4.32. The normalized spacial score (nSPS) is 18.3. The number of rotatable bonds is 4. The van der Waals surface area contributed by atoms with E-state index in [1.165, 1.54) is 11.1 Å². The minimum atomic E-state index is 0.0637. The van der Waals surface area contributed by atoms with E-state index in [2.05, 4.69) is 34.6 Å². The highest BCUT2D eigenvalue weighted by Crippen LogP contribution is 2.16. The van der Waals surface area contributed by atoms with Crippen LogP contribution in [0.3, 0.4) is 0 Å². The van der Waals surface area contributed by atoms with E-state index in [0.29, 0.717) is 6.54 Å². The van der Waals surface area contributed by atoms with Gasteiger partial charge < -0.3 is 10.6 Å². The fraction of sp³-hybridized carbons (Fsp3) is 0.562. The van der Waals surface area contributed by atoms with Crippen molar-refractivity contribution in [2.24, 2.45) is 0 Å². The lowest BCUT2D eigenvalue weighted by Crippen LogP contribution is -2.39. The molecular weight excluding hydrogens is 250 g/mol. The van der Waals surface area contributed by atoms with Crippen LogP contribution in [0, 0.1) is 6.92 Å². The summed E-state index contributed by atoms with van der Waals surface area (Å²) in [5, 5.41) is 6.45. The molecule has 1 atom stereocenters. The van der Waals surface area contributed by atoms with Crippen LogP contribution in [0.1, 0.15) is 30.5 Å². The molecule has 1 aliphatic heterocycles. The largest absolute Gasteiger partial charge is 0.348 e. The second-order valence-electron chi connectivity index (χ2n) is 5.53. The molecule has 2 rings (SSSR count). The minimum absolute atomic E-state index is 0.0637. The number of carbonyl (C=O) groups excluding carboxylic acids is 1. The van der Waals surface area contributed by atoms with Crippen LogP contribution in [0.15, 0.2) is 24.3 Å². The second-order valence-corrected chi connectivity index (χ2v) is 5.53. The van der Waals surface area contributed by atoms with E-state index in [0.717, 1.165) is 32.6 Å². The minimum Gasteiger partial charge on any atom is -0.348 e. The van der Waals surface area contributed by atoms with Crippen LogP contribution in [0.5, 0.6) is 0 Å². The summed E-state index contributed by atoms with van der Waals surface area (Å²) in [7, 11) is 0. The third-order valence-electron chi connectivity index (χ3n) is 3.83. The van der Waals surface area contributed by atoms with E-state index in [1.54, 1.807) is 0 Å². The lowest BCUT2D eigenvalue weighted by atomic mass is 10.0. The van der Waals surface area contributed by atoms with Gasteiger partial charge in [-0.3, -0.25) is 9.69 Å². The summed E-state index contributed by atoms with van der Waals surface area (Å²) in [6, 6.07) is 8.27. The van der Waals surface area contributed by atoms with Crippen molar-refractivity contribution in [3.8, 4) is 0 Å². The van der Waals surface area contributed by atoms with Gasteiger partial charge in [-0.25, -0.2) is 0 Å². The zero-order valence-electron chi connectivity index (χ0n) is 12.5. The van der Waals surface area contributed by atoms with Crippen molar-refractivity contribution < 1.29 is 4.79 Å². The summed E-state index contributed by atoms with van der Waals surface area (Å²) >= 11 is 0. The van der Waals surface area contributed by atoms with E-state index < -0.39 is 0 Å². The number of hydrogen-bond acceptors (Lipinski definition) is 3. The number of aryl methyl sites for hydroxylation is 1. The summed E-state index contributed by atoms with van der Waals surface area (Å²) in [6.07, 6.45) is 1.11. The van der Waals surface area contributed by atoms with Crippen molar-refractivity contribution in [1.82, 2.24) is 15.5 Å². The molecule has 4 nitrogen and oxygen atoms in total. The molecule has 0 aromatic heterocycles. The van der Waals surface area contributed by atoms with Crippen LogP contribution in [0.2, 0.25) is 0 Å². The molecule has 0 radical (unpaired) electrons. The summed E-state index contributed by atoms with van der Waals surface area (Å²) in [5.74, 6) is 0.114. The third-order valence-corrected chi connectivity index (χ3v) is 3.83. The Labute approximate surface area is 121 Å². The first kappa shape index (κ1) is 15.0. The van der Waals surface area contributed by atoms with Crippen LogP contribution in [-0.2, 0) is 4.79 Å². The number of nitrogens with zero attached hydrogens (tertiary/aromatic N) is 1. The highest BCUT2D eigenvalue weighted by molar-refractivity contribution is 5.78. The molecule has 1 aliphatic rings. The molecule has 0 spiro atoms. The average Bonchev–Trinajstić information content (AvgIpc) is 2.67. The Morgan fingerprint density at radius 1 is 1.35 bits per heavy atom. The number of amides is 1. The van der Waals surface area contributed by atoms with Gasteiger partial charge in [0.05, 0.1) is 12.6 Å². The van der Waals surface area contributed by atoms with Crippen molar-refractivity contribution in [1.29, 1.82) is 0 Å². The van der Waals surface area contributed by atoms with E-state index in [4.69, 9.17) is 0 Å². The van der Waals surface area contributed by atoms with Crippen molar-refractivity contribution >= 4 is 5.91 Å². The maximum absolute atomic E-state index is 12.1. The lowest BCUT2D eigenvalue weighted by Gasteiger charge is -2.21. The fourth-order valence-corrected chi connectivity index (χ4v) is 2.70. The van der Waals surface area contributed by atoms with Gasteiger partial charge in [-0.05, 0) is 44.5 Å². The number of hydrogen-bond donors (Lipinski definition) is 2. The Morgan fingerprint density at radius 3 is 2.95 bits per heavy atom. The monoisotopic (exact) mass is 275 g/mol. The van der Waals surface area contributed by atoms with Gasteiger partial charge in [-0.2, -0.15) is 0 Å². The molecule has 0 unspecified atom stereocenters. The van der Waals surface area contributed by atoms with Crippen molar-refractivity contribution in [2.45, 2.75) is 26.3 Å². The summed E-state index contributed by atoms with van der Waals surface area (Å²) < 4.78 is 0. The van der Waals surface area contributed by atoms with E-state index in [-0.39, 0.29) is 11.9 Å². The molecule has 1 fully saturated rings. The van der Waals surface area contributed by atoms with Gasteiger partial charge in [0.25, 0.3) is 0 Å². The van der Waals surface area contributed by atoms with Crippen LogP contribution < -0.4 is 10.6 Å². The molecule has 110 valence electrons. The maximum atomic E-state index is 12.1. The molecule has 1 saturated heterocycles. The summed E-state index contributed by atoms with van der Waals surface area (Å²) in [5.41, 5.74) is 2.41. The Hall–Kier alpha value is -1.39. The van der Waals surface area contributed by atoms with Crippen LogP contribution >= 0.6 is 0 Å². The number of nitrogens with one attached hydrogen (secondary N) is 2. The maximum Gasteiger partial charge on any atom is 0.234 e. The SMILES string of the molecule is Cc1ccccc1[C@@H](C)NC(=O)CN1CCCNCC1. The molecule has 4 heteroatoms. The zero-order chi connectivity index (χ0) is 14.4. The quantitative estimate of drug-likeness (QED) is 0.874. The van der Waals surface area contributed by atoms with E-state index >= 15 is 0 Å². The molecule has 20 heavy (non-hydrogen) atoms. The smallest absolute Gasteiger partial charge is 0.234 e. The molecule has 0 aliphatic carbocycles. The molecular formula is C16H25N3O.